The largest absolute Gasteiger partial charge is 0.494 e. The minimum atomic E-state index is -0.100. The van der Waals surface area contributed by atoms with Crippen molar-refractivity contribution in [1.29, 1.82) is 0 Å². The molecule has 0 unspecified atom stereocenters. The van der Waals surface area contributed by atoms with Gasteiger partial charge in [0.1, 0.15) is 5.75 Å². The summed E-state index contributed by atoms with van der Waals surface area (Å²) in [6, 6.07) is 7.57. The van der Waals surface area contributed by atoms with Crippen LogP contribution in [0.4, 0.5) is 5.95 Å². The molecule has 1 fully saturated rings. The predicted molar refractivity (Wildman–Crippen MR) is 95.8 cm³/mol. The van der Waals surface area contributed by atoms with Gasteiger partial charge in [0.25, 0.3) is 0 Å². The summed E-state index contributed by atoms with van der Waals surface area (Å²) >= 11 is 0. The lowest BCUT2D eigenvalue weighted by Gasteiger charge is -2.19. The van der Waals surface area contributed by atoms with Gasteiger partial charge in [-0.2, -0.15) is 10.1 Å². The standard InChI is InChI=1S/C18H25N5O2/c1-3-25-15-6-4-13(5-7-15)12-16(24)20-18-21-17(22-23(18)2)14-8-10-19-11-9-14/h4-7,14,19H,3,8-12H2,1-2H3,(H,20,21,22,24). The Kier molecular flexibility index (Phi) is 5.65. The van der Waals surface area contributed by atoms with Gasteiger partial charge in [-0.05, 0) is 50.6 Å². The normalized spacial score (nSPS) is 15.1. The first-order chi connectivity index (χ1) is 12.2. The van der Waals surface area contributed by atoms with E-state index < -0.39 is 0 Å². The van der Waals surface area contributed by atoms with Crippen LogP contribution in [0.2, 0.25) is 0 Å². The van der Waals surface area contributed by atoms with Crippen LogP contribution < -0.4 is 15.4 Å². The Balaban J connectivity index is 1.59. The molecule has 0 atom stereocenters. The van der Waals surface area contributed by atoms with E-state index in [1.165, 1.54) is 0 Å². The molecule has 7 heteroatoms. The molecule has 2 heterocycles. The summed E-state index contributed by atoms with van der Waals surface area (Å²) < 4.78 is 7.06. The van der Waals surface area contributed by atoms with Gasteiger partial charge >= 0.3 is 0 Å². The maximum absolute atomic E-state index is 12.3. The first kappa shape index (κ1) is 17.4. The molecule has 1 aliphatic heterocycles. The fourth-order valence-electron chi connectivity index (χ4n) is 2.99. The van der Waals surface area contributed by atoms with Crippen LogP contribution in [0.15, 0.2) is 24.3 Å². The minimum absolute atomic E-state index is 0.100. The molecule has 1 saturated heterocycles. The lowest BCUT2D eigenvalue weighted by atomic mass is 9.98. The summed E-state index contributed by atoms with van der Waals surface area (Å²) in [7, 11) is 1.81. The van der Waals surface area contributed by atoms with Crippen molar-refractivity contribution in [3.63, 3.8) is 0 Å². The average molecular weight is 343 g/mol. The molecule has 1 aliphatic rings. The second-order valence-corrected chi connectivity index (χ2v) is 6.24. The van der Waals surface area contributed by atoms with Crippen LogP contribution >= 0.6 is 0 Å². The fourth-order valence-corrected chi connectivity index (χ4v) is 2.99. The number of hydrogen-bond acceptors (Lipinski definition) is 5. The molecule has 1 aromatic heterocycles. The highest BCUT2D eigenvalue weighted by atomic mass is 16.5. The van der Waals surface area contributed by atoms with Gasteiger partial charge in [-0.15, -0.1) is 0 Å². The first-order valence-corrected chi connectivity index (χ1v) is 8.79. The Hall–Kier alpha value is -2.41. The van der Waals surface area contributed by atoms with Crippen molar-refractivity contribution in [3.05, 3.63) is 35.7 Å². The van der Waals surface area contributed by atoms with Crippen LogP contribution in [0.3, 0.4) is 0 Å². The van der Waals surface area contributed by atoms with Crippen LogP contribution in [0, 0.1) is 0 Å². The summed E-state index contributed by atoms with van der Waals surface area (Å²) in [5.41, 5.74) is 0.932. The molecule has 134 valence electrons. The number of aromatic nitrogens is 3. The maximum atomic E-state index is 12.3. The molecule has 0 spiro atoms. The number of amides is 1. The van der Waals surface area contributed by atoms with Crippen molar-refractivity contribution in [2.75, 3.05) is 25.0 Å². The lowest BCUT2D eigenvalue weighted by molar-refractivity contribution is -0.115. The monoisotopic (exact) mass is 343 g/mol. The molecule has 0 bridgehead atoms. The molecule has 0 saturated carbocycles. The summed E-state index contributed by atoms with van der Waals surface area (Å²) in [6.07, 6.45) is 2.36. The first-order valence-electron chi connectivity index (χ1n) is 8.79. The van der Waals surface area contributed by atoms with E-state index in [4.69, 9.17) is 4.74 Å². The molecule has 2 N–H and O–H groups in total. The van der Waals surface area contributed by atoms with Crippen molar-refractivity contribution in [2.45, 2.75) is 32.1 Å². The summed E-state index contributed by atoms with van der Waals surface area (Å²) in [4.78, 5) is 16.8. The summed E-state index contributed by atoms with van der Waals surface area (Å²) in [5.74, 6) is 2.40. The number of piperidine rings is 1. The third-order valence-corrected chi connectivity index (χ3v) is 4.33. The van der Waals surface area contributed by atoms with E-state index in [2.05, 4.69) is 20.7 Å². The fraction of sp³-hybridized carbons (Fsp3) is 0.500. The summed E-state index contributed by atoms with van der Waals surface area (Å²) in [6.45, 7) is 4.55. The zero-order valence-electron chi connectivity index (χ0n) is 14.8. The van der Waals surface area contributed by atoms with E-state index in [1.54, 1.807) is 4.68 Å². The topological polar surface area (TPSA) is 81.1 Å². The SMILES string of the molecule is CCOc1ccc(CC(=O)Nc2nc(C3CCNCC3)nn2C)cc1. The van der Waals surface area contributed by atoms with Crippen molar-refractivity contribution in [2.24, 2.45) is 7.05 Å². The zero-order chi connectivity index (χ0) is 17.6. The molecule has 0 aliphatic carbocycles. The molecular formula is C18H25N5O2. The average Bonchev–Trinajstić information content (AvgIpc) is 2.98. The number of hydrogen-bond donors (Lipinski definition) is 2. The Labute approximate surface area is 147 Å². The number of carbonyl (C=O) groups is 1. The van der Waals surface area contributed by atoms with Gasteiger partial charge in [0.15, 0.2) is 5.82 Å². The van der Waals surface area contributed by atoms with Crippen LogP contribution in [0.1, 0.15) is 37.1 Å². The van der Waals surface area contributed by atoms with Crippen molar-refractivity contribution in [1.82, 2.24) is 20.1 Å². The summed E-state index contributed by atoms with van der Waals surface area (Å²) in [5, 5.41) is 10.7. The molecule has 3 rings (SSSR count). The van der Waals surface area contributed by atoms with Crippen LogP contribution in [-0.2, 0) is 18.3 Å². The van der Waals surface area contributed by atoms with Gasteiger partial charge in [-0.25, -0.2) is 4.68 Å². The molecule has 1 aromatic carbocycles. The van der Waals surface area contributed by atoms with Gasteiger partial charge in [0.05, 0.1) is 13.0 Å². The van der Waals surface area contributed by atoms with Crippen molar-refractivity contribution >= 4 is 11.9 Å². The highest BCUT2D eigenvalue weighted by Crippen LogP contribution is 2.23. The quantitative estimate of drug-likeness (QED) is 0.837. The van der Waals surface area contributed by atoms with Gasteiger partial charge in [0, 0.05) is 13.0 Å². The second kappa shape index (κ2) is 8.11. The third kappa shape index (κ3) is 4.57. The van der Waals surface area contributed by atoms with Gasteiger partial charge in [-0.1, -0.05) is 12.1 Å². The maximum Gasteiger partial charge on any atom is 0.231 e. The number of rotatable bonds is 6. The molecule has 25 heavy (non-hydrogen) atoms. The van der Waals surface area contributed by atoms with Crippen LogP contribution in [-0.4, -0.2) is 40.4 Å². The highest BCUT2D eigenvalue weighted by Gasteiger charge is 2.21. The number of carbonyl (C=O) groups excluding carboxylic acids is 1. The highest BCUT2D eigenvalue weighted by molar-refractivity contribution is 5.90. The molecule has 7 nitrogen and oxygen atoms in total. The Morgan fingerprint density at radius 2 is 2.04 bits per heavy atom. The van der Waals surface area contributed by atoms with Crippen LogP contribution in [0.25, 0.3) is 0 Å². The Bertz CT molecular complexity index is 705. The molecule has 0 radical (unpaired) electrons. The second-order valence-electron chi connectivity index (χ2n) is 6.24. The number of aryl methyl sites for hydroxylation is 1. The Morgan fingerprint density at radius 1 is 1.32 bits per heavy atom. The van der Waals surface area contributed by atoms with Gasteiger partial charge < -0.3 is 10.1 Å². The number of ether oxygens (including phenoxy) is 1. The third-order valence-electron chi connectivity index (χ3n) is 4.33. The smallest absolute Gasteiger partial charge is 0.231 e. The van der Waals surface area contributed by atoms with E-state index in [9.17, 15) is 4.79 Å². The van der Waals surface area contributed by atoms with E-state index >= 15 is 0 Å². The van der Waals surface area contributed by atoms with Crippen LogP contribution in [0.5, 0.6) is 5.75 Å². The van der Waals surface area contributed by atoms with E-state index in [0.717, 1.165) is 43.1 Å². The van der Waals surface area contributed by atoms with E-state index in [0.29, 0.717) is 24.9 Å². The number of benzene rings is 1. The number of nitrogens with one attached hydrogen (secondary N) is 2. The van der Waals surface area contributed by atoms with Gasteiger partial charge in [0.2, 0.25) is 11.9 Å². The number of anilines is 1. The lowest BCUT2D eigenvalue weighted by Crippen LogP contribution is -2.27. The zero-order valence-corrected chi connectivity index (χ0v) is 14.8. The minimum Gasteiger partial charge on any atom is -0.494 e. The van der Waals surface area contributed by atoms with Crippen molar-refractivity contribution in [3.8, 4) is 5.75 Å². The molecule has 2 aromatic rings. The molecular weight excluding hydrogens is 318 g/mol. The van der Waals surface area contributed by atoms with E-state index in [-0.39, 0.29) is 5.91 Å². The number of nitrogens with zero attached hydrogens (tertiary/aromatic N) is 3. The van der Waals surface area contributed by atoms with Gasteiger partial charge in [-0.3, -0.25) is 10.1 Å². The Morgan fingerprint density at radius 3 is 2.72 bits per heavy atom. The van der Waals surface area contributed by atoms with Crippen molar-refractivity contribution < 1.29 is 9.53 Å². The molecule has 1 amide bonds. The van der Waals surface area contributed by atoms with E-state index in [1.807, 2.05) is 38.2 Å². The predicted octanol–water partition coefficient (Wildman–Crippen LogP) is 1.86.